The van der Waals surface area contributed by atoms with Crippen molar-refractivity contribution in [2.45, 2.75) is 49.9 Å². The summed E-state index contributed by atoms with van der Waals surface area (Å²) in [6.45, 7) is 0.571. The number of hydrogen-bond donors (Lipinski definition) is 1. The van der Waals surface area contributed by atoms with Gasteiger partial charge in [0.25, 0.3) is 5.88 Å². The van der Waals surface area contributed by atoms with Crippen LogP contribution in [-0.4, -0.2) is 51.5 Å². The van der Waals surface area contributed by atoms with Gasteiger partial charge in [-0.25, -0.2) is 9.78 Å². The lowest BCUT2D eigenvalue weighted by atomic mass is 9.85. The average Bonchev–Trinajstić information content (AvgIpc) is 3.34. The first-order valence-corrected chi connectivity index (χ1v) is 11.1. The van der Waals surface area contributed by atoms with Gasteiger partial charge in [-0.1, -0.05) is 23.7 Å². The van der Waals surface area contributed by atoms with E-state index in [0.29, 0.717) is 36.3 Å². The third kappa shape index (κ3) is 3.81. The summed E-state index contributed by atoms with van der Waals surface area (Å²) in [5, 5.41) is 0.657. The van der Waals surface area contributed by atoms with Crippen LogP contribution in [0.15, 0.2) is 41.0 Å². The highest BCUT2D eigenvalue weighted by Crippen LogP contribution is 2.46. The number of carbonyl (C=O) groups is 2. The van der Waals surface area contributed by atoms with Gasteiger partial charge < -0.3 is 19.6 Å². The fraction of sp³-hybridized carbons (Fsp3) is 0.391. The number of fused-ring (bicyclic) bond motifs is 3. The van der Waals surface area contributed by atoms with Crippen LogP contribution in [0.25, 0.3) is 11.2 Å². The van der Waals surface area contributed by atoms with Gasteiger partial charge in [-0.15, -0.1) is 0 Å². The Bertz CT molecular complexity index is 1210. The number of amides is 1. The van der Waals surface area contributed by atoms with Crippen molar-refractivity contribution < 1.29 is 23.5 Å². The molecule has 0 spiro atoms. The minimum Gasteiger partial charge on any atom is -0.479 e. The highest BCUT2D eigenvalue weighted by molar-refractivity contribution is 6.30. The van der Waals surface area contributed by atoms with Crippen molar-refractivity contribution in [3.05, 3.63) is 52.9 Å². The van der Waals surface area contributed by atoms with Gasteiger partial charge in [0.1, 0.15) is 17.2 Å². The number of hydrogen-bond acceptors (Lipinski definition) is 8. The Balaban J connectivity index is 1.37. The second kappa shape index (κ2) is 8.31. The predicted octanol–water partition coefficient (Wildman–Crippen LogP) is 3.09. The lowest BCUT2D eigenvalue weighted by molar-refractivity contribution is -0.136. The number of halogens is 1. The number of carbonyl (C=O) groups excluding carboxylic acids is 2. The van der Waals surface area contributed by atoms with E-state index in [1.165, 1.54) is 13.4 Å². The fourth-order valence-electron chi connectivity index (χ4n) is 5.06. The second-order valence-electron chi connectivity index (χ2n) is 8.50. The van der Waals surface area contributed by atoms with Gasteiger partial charge in [0.05, 0.1) is 13.4 Å². The molecule has 33 heavy (non-hydrogen) atoms. The molecule has 2 fully saturated rings. The first-order valence-electron chi connectivity index (χ1n) is 10.7. The standard InChI is InChI=1S/C23H23ClN4O5/c1-31-20-18(26-17-7-9-32-19(17)27-20)21(29)33-16-10-15-6-8-23(11-16,22(25)30)28(15)12-13-2-4-14(24)5-3-13/h2-5,7,9,15-16H,6,8,10-12H2,1H3,(H2,25,30). The van der Waals surface area contributed by atoms with E-state index in [9.17, 15) is 9.59 Å². The molecule has 3 atom stereocenters. The lowest BCUT2D eigenvalue weighted by Gasteiger charge is -2.45. The van der Waals surface area contributed by atoms with Crippen LogP contribution in [0, 0.1) is 0 Å². The quantitative estimate of drug-likeness (QED) is 0.545. The van der Waals surface area contributed by atoms with Gasteiger partial charge in [0.2, 0.25) is 17.3 Å². The molecule has 2 N–H and O–H groups in total. The van der Waals surface area contributed by atoms with Gasteiger partial charge in [-0.05, 0) is 30.5 Å². The van der Waals surface area contributed by atoms with E-state index < -0.39 is 23.5 Å². The van der Waals surface area contributed by atoms with Crippen molar-refractivity contribution >= 4 is 34.7 Å². The molecule has 0 saturated carbocycles. The van der Waals surface area contributed by atoms with Crippen molar-refractivity contribution in [1.29, 1.82) is 0 Å². The summed E-state index contributed by atoms with van der Waals surface area (Å²) in [7, 11) is 1.40. The number of benzene rings is 1. The molecule has 3 aromatic rings. The maximum atomic E-state index is 13.0. The summed E-state index contributed by atoms with van der Waals surface area (Å²) in [4.78, 5) is 36.3. The van der Waals surface area contributed by atoms with E-state index in [0.717, 1.165) is 12.0 Å². The number of esters is 1. The number of primary amides is 1. The molecule has 2 aromatic heterocycles. The zero-order valence-corrected chi connectivity index (χ0v) is 18.7. The van der Waals surface area contributed by atoms with E-state index in [1.807, 2.05) is 24.3 Å². The number of furan rings is 1. The Kier molecular flexibility index (Phi) is 5.46. The molecule has 4 heterocycles. The number of methoxy groups -OCH3 is 1. The van der Waals surface area contributed by atoms with Crippen LogP contribution < -0.4 is 10.5 Å². The number of aromatic nitrogens is 2. The van der Waals surface area contributed by atoms with Gasteiger partial charge in [0.15, 0.2) is 0 Å². The monoisotopic (exact) mass is 470 g/mol. The molecule has 3 unspecified atom stereocenters. The van der Waals surface area contributed by atoms with Crippen LogP contribution in [-0.2, 0) is 16.1 Å². The molecule has 2 saturated heterocycles. The Labute approximate surface area is 194 Å². The lowest BCUT2D eigenvalue weighted by Crippen LogP contribution is -2.60. The van der Waals surface area contributed by atoms with Crippen molar-refractivity contribution in [2.24, 2.45) is 5.73 Å². The van der Waals surface area contributed by atoms with Gasteiger partial charge in [-0.3, -0.25) is 9.69 Å². The maximum absolute atomic E-state index is 13.0. The summed E-state index contributed by atoms with van der Waals surface area (Å²) < 4.78 is 16.2. The Hall–Kier alpha value is -3.17. The van der Waals surface area contributed by atoms with Crippen LogP contribution in [0.1, 0.15) is 41.7 Å². The van der Waals surface area contributed by atoms with Crippen molar-refractivity contribution in [3.63, 3.8) is 0 Å². The zero-order valence-electron chi connectivity index (χ0n) is 18.0. The molecule has 0 aliphatic carbocycles. The van der Waals surface area contributed by atoms with E-state index in [2.05, 4.69) is 14.9 Å². The number of rotatable bonds is 6. The Morgan fingerprint density at radius 2 is 2.06 bits per heavy atom. The molecule has 172 valence electrons. The predicted molar refractivity (Wildman–Crippen MR) is 119 cm³/mol. The fourth-order valence-corrected chi connectivity index (χ4v) is 5.19. The number of ether oxygens (including phenoxy) is 2. The van der Waals surface area contributed by atoms with Crippen LogP contribution in [0.4, 0.5) is 0 Å². The topological polar surface area (TPSA) is 121 Å². The first-order chi connectivity index (χ1) is 15.9. The molecular formula is C23H23ClN4O5. The van der Waals surface area contributed by atoms with E-state index in [4.69, 9.17) is 31.2 Å². The van der Waals surface area contributed by atoms with E-state index >= 15 is 0 Å². The average molecular weight is 471 g/mol. The molecule has 0 radical (unpaired) electrons. The molecule has 1 amide bonds. The Morgan fingerprint density at radius 1 is 1.27 bits per heavy atom. The number of nitrogens with zero attached hydrogens (tertiary/aromatic N) is 3. The molecule has 2 bridgehead atoms. The van der Waals surface area contributed by atoms with Crippen LogP contribution in [0.5, 0.6) is 5.88 Å². The normalized spacial score (nSPS) is 24.7. The van der Waals surface area contributed by atoms with E-state index in [-0.39, 0.29) is 23.3 Å². The van der Waals surface area contributed by atoms with Crippen molar-refractivity contribution in [2.75, 3.05) is 7.11 Å². The Morgan fingerprint density at radius 3 is 2.79 bits per heavy atom. The minimum atomic E-state index is -0.877. The van der Waals surface area contributed by atoms with Crippen LogP contribution >= 0.6 is 11.6 Å². The summed E-state index contributed by atoms with van der Waals surface area (Å²) >= 11 is 6.01. The number of piperidine rings is 1. The first kappa shape index (κ1) is 21.7. The summed E-state index contributed by atoms with van der Waals surface area (Å²) in [6.07, 6.45) is 3.29. The summed E-state index contributed by atoms with van der Waals surface area (Å²) in [6, 6.07) is 9.21. The molecule has 10 heteroatoms. The summed E-state index contributed by atoms with van der Waals surface area (Å²) in [5.74, 6) is -1.04. The maximum Gasteiger partial charge on any atom is 0.362 e. The molecule has 9 nitrogen and oxygen atoms in total. The van der Waals surface area contributed by atoms with E-state index in [1.54, 1.807) is 6.07 Å². The zero-order chi connectivity index (χ0) is 23.2. The van der Waals surface area contributed by atoms with Gasteiger partial charge in [-0.2, -0.15) is 4.98 Å². The van der Waals surface area contributed by atoms with Crippen LogP contribution in [0.3, 0.4) is 0 Å². The molecule has 2 aliphatic rings. The third-order valence-corrected chi connectivity index (χ3v) is 6.88. The van der Waals surface area contributed by atoms with Crippen LogP contribution in [0.2, 0.25) is 5.02 Å². The van der Waals surface area contributed by atoms with Crippen molar-refractivity contribution in [3.8, 4) is 5.88 Å². The smallest absolute Gasteiger partial charge is 0.362 e. The molecule has 5 rings (SSSR count). The largest absolute Gasteiger partial charge is 0.479 e. The van der Waals surface area contributed by atoms with Gasteiger partial charge in [0, 0.05) is 36.5 Å². The highest BCUT2D eigenvalue weighted by atomic mass is 35.5. The molecule has 2 aliphatic heterocycles. The highest BCUT2D eigenvalue weighted by Gasteiger charge is 2.56. The third-order valence-electron chi connectivity index (χ3n) is 6.63. The molecular weight excluding hydrogens is 448 g/mol. The SMILES string of the molecule is COc1nc2occc2nc1C(=O)OC1CC2CCC(C(N)=O)(C1)N2Cc1ccc(Cl)cc1. The molecule has 1 aromatic carbocycles. The van der Waals surface area contributed by atoms with Gasteiger partial charge >= 0.3 is 5.97 Å². The minimum absolute atomic E-state index is 0.0233. The second-order valence-corrected chi connectivity index (χ2v) is 8.94. The summed E-state index contributed by atoms with van der Waals surface area (Å²) in [5.41, 5.74) is 6.74. The van der Waals surface area contributed by atoms with Crippen molar-refractivity contribution in [1.82, 2.24) is 14.9 Å². The number of nitrogens with two attached hydrogens (primary N) is 1.